The first-order valence-electron chi connectivity index (χ1n) is 13.5. The van der Waals surface area contributed by atoms with Gasteiger partial charge in [0.05, 0.1) is 0 Å². The molecule has 0 spiro atoms. The molecule has 1 saturated heterocycles. The molecule has 0 aliphatic carbocycles. The number of carbonyl (C=O) groups is 2. The molecular formula is C30H36N6O2S. The molecule has 39 heavy (non-hydrogen) atoms. The quantitative estimate of drug-likeness (QED) is 0.445. The van der Waals surface area contributed by atoms with Crippen molar-refractivity contribution >= 4 is 35.0 Å². The summed E-state index contributed by atoms with van der Waals surface area (Å²) in [5.41, 5.74) is 4.14. The van der Waals surface area contributed by atoms with Gasteiger partial charge in [-0.2, -0.15) is 11.8 Å². The number of benzene rings is 2. The zero-order valence-corrected chi connectivity index (χ0v) is 23.3. The number of rotatable bonds is 0. The number of carbonyl (C=O) groups excluding carboxylic acids is 2. The summed E-state index contributed by atoms with van der Waals surface area (Å²) in [5.74, 6) is 1.47. The molecule has 1 fully saturated rings. The second-order valence-corrected chi connectivity index (χ2v) is 11.4. The van der Waals surface area contributed by atoms with Gasteiger partial charge in [-0.3, -0.25) is 19.4 Å². The molecule has 6 rings (SSSR count). The molecular weight excluding hydrogens is 508 g/mol. The number of hydrogen-bond donors (Lipinski definition) is 2. The van der Waals surface area contributed by atoms with Gasteiger partial charge in [0, 0.05) is 75.2 Å². The van der Waals surface area contributed by atoms with E-state index in [2.05, 4.69) is 49.5 Å². The molecule has 2 atom stereocenters. The molecule has 2 aromatic carbocycles. The van der Waals surface area contributed by atoms with Crippen molar-refractivity contribution in [3.05, 3.63) is 89.2 Å². The number of nitrogens with zero attached hydrogens (tertiary/aromatic N) is 4. The maximum Gasteiger partial charge on any atom is 0.274 e. The minimum absolute atomic E-state index is 0.198. The van der Waals surface area contributed by atoms with Gasteiger partial charge in [-0.1, -0.05) is 30.3 Å². The molecule has 3 aliphatic rings. The van der Waals surface area contributed by atoms with Gasteiger partial charge in [-0.15, -0.1) is 0 Å². The van der Waals surface area contributed by atoms with Crippen molar-refractivity contribution in [1.29, 1.82) is 0 Å². The smallest absolute Gasteiger partial charge is 0.274 e. The number of hydrogen-bond acceptors (Lipinski definition) is 7. The topological polar surface area (TPSA) is 80.8 Å². The molecule has 9 heteroatoms. The second-order valence-electron chi connectivity index (χ2n) is 10.2. The average molecular weight is 545 g/mol. The Bertz CT molecular complexity index is 1210. The van der Waals surface area contributed by atoms with Gasteiger partial charge in [0.15, 0.2) is 0 Å². The van der Waals surface area contributed by atoms with E-state index in [0.29, 0.717) is 11.4 Å². The van der Waals surface area contributed by atoms with Crippen LogP contribution in [0.5, 0.6) is 0 Å². The summed E-state index contributed by atoms with van der Waals surface area (Å²) in [7, 11) is 2.20. The molecule has 2 amide bonds. The number of aromatic nitrogens is 1. The van der Waals surface area contributed by atoms with Gasteiger partial charge in [0.1, 0.15) is 11.4 Å². The Kier molecular flexibility index (Phi) is 9.26. The Balaban J connectivity index is 1.46. The van der Waals surface area contributed by atoms with E-state index in [1.54, 1.807) is 18.2 Å². The van der Waals surface area contributed by atoms with Crippen LogP contribution in [0.1, 0.15) is 32.1 Å². The number of thioether (sulfide) groups is 1. The zero-order chi connectivity index (χ0) is 27.0. The van der Waals surface area contributed by atoms with Crippen molar-refractivity contribution in [2.75, 3.05) is 68.5 Å². The van der Waals surface area contributed by atoms with E-state index in [-0.39, 0.29) is 23.2 Å². The minimum Gasteiger partial charge on any atom is -0.321 e. The van der Waals surface area contributed by atoms with E-state index in [4.69, 9.17) is 0 Å². The van der Waals surface area contributed by atoms with Crippen molar-refractivity contribution in [3.63, 3.8) is 0 Å². The van der Waals surface area contributed by atoms with Crippen LogP contribution in [0, 0.1) is 0 Å². The lowest BCUT2D eigenvalue weighted by molar-refractivity contribution is 0.101. The highest BCUT2D eigenvalue weighted by atomic mass is 32.2. The van der Waals surface area contributed by atoms with Gasteiger partial charge in [0.25, 0.3) is 11.8 Å². The van der Waals surface area contributed by atoms with Crippen LogP contribution in [-0.2, 0) is 13.1 Å². The molecule has 2 unspecified atom stereocenters. The van der Waals surface area contributed by atoms with Gasteiger partial charge < -0.3 is 15.5 Å². The van der Waals surface area contributed by atoms with Gasteiger partial charge in [-0.25, -0.2) is 4.98 Å². The summed E-state index contributed by atoms with van der Waals surface area (Å²) < 4.78 is 0. The molecule has 2 N–H and O–H groups in total. The first kappa shape index (κ1) is 27.3. The maximum atomic E-state index is 13.0. The van der Waals surface area contributed by atoms with Crippen molar-refractivity contribution in [3.8, 4) is 0 Å². The van der Waals surface area contributed by atoms with Crippen molar-refractivity contribution in [2.45, 2.75) is 13.1 Å². The molecule has 0 radical (unpaired) electrons. The fourth-order valence-corrected chi connectivity index (χ4v) is 5.83. The lowest BCUT2D eigenvalue weighted by Gasteiger charge is -2.29. The third kappa shape index (κ3) is 7.89. The van der Waals surface area contributed by atoms with E-state index in [9.17, 15) is 9.59 Å². The first-order chi connectivity index (χ1) is 19.0. The molecule has 8 bridgehead atoms. The summed E-state index contributed by atoms with van der Waals surface area (Å²) in [5, 5.41) is 5.92. The van der Waals surface area contributed by atoms with Crippen LogP contribution in [0.2, 0.25) is 0 Å². The number of amides is 2. The largest absolute Gasteiger partial charge is 0.321 e. The summed E-state index contributed by atoms with van der Waals surface area (Å²) in [6.45, 7) is 7.68. The SMILES string of the molecule is CN1CCN2CCSCCN(CC1)Cc1cccc(c1)NC(=O)c1cccc(n1)C(=O)Nc1cccc(c1)C2. The number of anilines is 2. The standard InChI is InChI=1S/C30H36N6O2S/c1-34-11-13-35-15-17-39-18-16-36(14-12-34)22-24-6-3-8-26(20-24)32-30(38)28-10-4-9-27(33-28)29(37)31-25-7-2-5-23(19-25)21-35/h2-10,19-20H,11-18,21-22H2,1H3,(H,31,37)(H,32,38). The summed E-state index contributed by atoms with van der Waals surface area (Å²) in [6.07, 6.45) is 0. The predicted molar refractivity (Wildman–Crippen MR) is 158 cm³/mol. The molecule has 3 aliphatic heterocycles. The van der Waals surface area contributed by atoms with Crippen molar-refractivity contribution in [1.82, 2.24) is 19.7 Å². The number of fused-ring (bicyclic) bond motifs is 10. The van der Waals surface area contributed by atoms with Crippen molar-refractivity contribution < 1.29 is 9.59 Å². The summed E-state index contributed by atoms with van der Waals surface area (Å²) in [4.78, 5) is 37.8. The van der Waals surface area contributed by atoms with E-state index >= 15 is 0 Å². The predicted octanol–water partition coefficient (Wildman–Crippen LogP) is 3.88. The third-order valence-corrected chi connectivity index (χ3v) is 8.04. The van der Waals surface area contributed by atoms with Crippen LogP contribution in [0.3, 0.4) is 0 Å². The van der Waals surface area contributed by atoms with Crippen LogP contribution < -0.4 is 10.6 Å². The normalized spacial score (nSPS) is 21.8. The van der Waals surface area contributed by atoms with Crippen LogP contribution in [0.4, 0.5) is 11.4 Å². The Labute approximate surface area is 234 Å². The number of nitrogens with one attached hydrogen (secondary N) is 2. The molecule has 0 saturated carbocycles. The molecule has 3 aromatic rings. The fourth-order valence-electron chi connectivity index (χ4n) is 4.85. The van der Waals surface area contributed by atoms with Crippen LogP contribution in [-0.4, -0.2) is 89.3 Å². The average Bonchev–Trinajstić information content (AvgIpc) is 2.93. The number of likely N-dealkylation sites (N-methyl/N-ethyl adjacent to an activating group) is 1. The van der Waals surface area contributed by atoms with Gasteiger partial charge in [-0.05, 0) is 54.6 Å². The van der Waals surface area contributed by atoms with Crippen molar-refractivity contribution in [2.24, 2.45) is 0 Å². The monoisotopic (exact) mass is 544 g/mol. The highest BCUT2D eigenvalue weighted by Crippen LogP contribution is 2.18. The van der Waals surface area contributed by atoms with E-state index in [0.717, 1.165) is 75.0 Å². The van der Waals surface area contributed by atoms with Crippen LogP contribution in [0.15, 0.2) is 66.7 Å². The molecule has 4 heterocycles. The highest BCUT2D eigenvalue weighted by molar-refractivity contribution is 7.99. The minimum atomic E-state index is -0.344. The molecule has 1 aromatic heterocycles. The lowest BCUT2D eigenvalue weighted by Crippen LogP contribution is -2.39. The second kappa shape index (κ2) is 13.2. The van der Waals surface area contributed by atoms with E-state index in [1.807, 2.05) is 48.2 Å². The Morgan fingerprint density at radius 1 is 0.667 bits per heavy atom. The summed E-state index contributed by atoms with van der Waals surface area (Å²) >= 11 is 2.00. The van der Waals surface area contributed by atoms with E-state index in [1.165, 1.54) is 0 Å². The Hall–Kier alpha value is -3.24. The Morgan fingerprint density at radius 3 is 1.67 bits per heavy atom. The van der Waals surface area contributed by atoms with Gasteiger partial charge >= 0.3 is 0 Å². The zero-order valence-electron chi connectivity index (χ0n) is 22.4. The summed E-state index contributed by atoms with van der Waals surface area (Å²) in [6, 6.07) is 20.9. The highest BCUT2D eigenvalue weighted by Gasteiger charge is 2.16. The fraction of sp³-hybridized carbons (Fsp3) is 0.367. The van der Waals surface area contributed by atoms with Crippen LogP contribution in [0.25, 0.3) is 0 Å². The third-order valence-electron chi connectivity index (χ3n) is 7.10. The lowest BCUT2D eigenvalue weighted by atomic mass is 10.1. The van der Waals surface area contributed by atoms with Gasteiger partial charge in [0.2, 0.25) is 0 Å². The maximum absolute atomic E-state index is 13.0. The Morgan fingerprint density at radius 2 is 1.15 bits per heavy atom. The molecule has 204 valence electrons. The van der Waals surface area contributed by atoms with E-state index < -0.39 is 0 Å². The number of pyridine rings is 1. The first-order valence-corrected chi connectivity index (χ1v) is 14.7. The van der Waals surface area contributed by atoms with Crippen LogP contribution >= 0.6 is 11.8 Å². The molecule has 8 nitrogen and oxygen atoms in total.